The van der Waals surface area contributed by atoms with Crippen molar-refractivity contribution in [1.29, 1.82) is 0 Å². The van der Waals surface area contributed by atoms with Crippen LogP contribution in [0.2, 0.25) is 0 Å². The summed E-state index contributed by atoms with van der Waals surface area (Å²) < 4.78 is 4.57. The molecule has 0 fully saturated rings. The lowest BCUT2D eigenvalue weighted by atomic mass is 10.1. The third-order valence-corrected chi connectivity index (χ3v) is 3.10. The predicted octanol–water partition coefficient (Wildman–Crippen LogP) is 2.42. The fraction of sp³-hybridized carbons (Fsp3) is 0.375. The molecule has 4 nitrogen and oxygen atoms in total. The Balaban J connectivity index is 2.63. The molecule has 108 valence electrons. The number of rotatable bonds is 6. The number of likely N-dealkylation sites (N-methyl/N-ethyl adjacent to an activating group) is 1. The van der Waals surface area contributed by atoms with Gasteiger partial charge in [0.05, 0.1) is 13.5 Å². The topological polar surface area (TPSA) is 46.6 Å². The number of carbonyl (C=O) groups is 2. The number of benzene rings is 1. The molecule has 0 aliphatic heterocycles. The largest absolute Gasteiger partial charge is 0.469 e. The van der Waals surface area contributed by atoms with Crippen LogP contribution in [-0.2, 0) is 14.3 Å². The summed E-state index contributed by atoms with van der Waals surface area (Å²) in [7, 11) is 1.35. The highest BCUT2D eigenvalue weighted by Gasteiger charge is 2.10. The van der Waals surface area contributed by atoms with Crippen molar-refractivity contribution in [2.75, 3.05) is 20.2 Å². The molecule has 0 aliphatic carbocycles. The SMILES string of the molecule is CCN(CCC(=O)OC)C(=O)/C=C/c1ccccc1C. The maximum absolute atomic E-state index is 12.0. The first-order valence-corrected chi connectivity index (χ1v) is 6.68. The van der Waals surface area contributed by atoms with E-state index in [1.165, 1.54) is 7.11 Å². The van der Waals surface area contributed by atoms with E-state index in [4.69, 9.17) is 0 Å². The molecule has 0 saturated carbocycles. The molecule has 0 saturated heterocycles. The van der Waals surface area contributed by atoms with E-state index in [0.29, 0.717) is 13.1 Å². The van der Waals surface area contributed by atoms with Crippen molar-refractivity contribution < 1.29 is 14.3 Å². The van der Waals surface area contributed by atoms with Crippen molar-refractivity contribution in [3.63, 3.8) is 0 Å². The standard InChI is InChI=1S/C16H21NO3/c1-4-17(12-11-16(19)20-3)15(18)10-9-14-8-6-5-7-13(14)2/h5-10H,4,11-12H2,1-3H3/b10-9+. The average Bonchev–Trinajstić information content (AvgIpc) is 2.46. The van der Waals surface area contributed by atoms with Gasteiger partial charge in [-0.05, 0) is 31.1 Å². The van der Waals surface area contributed by atoms with Gasteiger partial charge in [-0.3, -0.25) is 9.59 Å². The molecular weight excluding hydrogens is 254 g/mol. The Bertz CT molecular complexity index is 494. The molecule has 0 heterocycles. The third kappa shape index (κ3) is 4.88. The van der Waals surface area contributed by atoms with E-state index in [1.807, 2.05) is 38.1 Å². The molecule has 1 aromatic carbocycles. The van der Waals surface area contributed by atoms with Crippen molar-refractivity contribution in [1.82, 2.24) is 4.90 Å². The summed E-state index contributed by atoms with van der Waals surface area (Å²) in [5.74, 6) is -0.404. The average molecular weight is 275 g/mol. The number of hydrogen-bond donors (Lipinski definition) is 0. The van der Waals surface area contributed by atoms with Crippen LogP contribution in [0.15, 0.2) is 30.3 Å². The Kier molecular flexibility index (Phi) is 6.50. The summed E-state index contributed by atoms with van der Waals surface area (Å²) in [5, 5.41) is 0. The van der Waals surface area contributed by atoms with E-state index in [1.54, 1.807) is 17.1 Å². The monoisotopic (exact) mass is 275 g/mol. The van der Waals surface area contributed by atoms with Gasteiger partial charge in [-0.1, -0.05) is 24.3 Å². The first kappa shape index (κ1) is 16.0. The Morgan fingerprint density at radius 1 is 1.30 bits per heavy atom. The minimum Gasteiger partial charge on any atom is -0.469 e. The normalized spacial score (nSPS) is 10.6. The lowest BCUT2D eigenvalue weighted by molar-refractivity contribution is -0.141. The molecular formula is C16H21NO3. The molecule has 0 aromatic heterocycles. The zero-order chi connectivity index (χ0) is 15.0. The third-order valence-electron chi connectivity index (χ3n) is 3.10. The quantitative estimate of drug-likeness (QED) is 0.591. The molecule has 0 radical (unpaired) electrons. The number of nitrogens with zero attached hydrogens (tertiary/aromatic N) is 1. The number of ether oxygens (including phenoxy) is 1. The van der Waals surface area contributed by atoms with Crippen LogP contribution in [0.1, 0.15) is 24.5 Å². The van der Waals surface area contributed by atoms with Gasteiger partial charge in [0, 0.05) is 19.2 Å². The van der Waals surface area contributed by atoms with Crippen molar-refractivity contribution >= 4 is 18.0 Å². The molecule has 0 spiro atoms. The number of amides is 1. The second kappa shape index (κ2) is 8.15. The van der Waals surface area contributed by atoms with Crippen LogP contribution in [0.3, 0.4) is 0 Å². The maximum Gasteiger partial charge on any atom is 0.307 e. The minimum atomic E-state index is -0.306. The number of esters is 1. The molecule has 0 atom stereocenters. The lowest BCUT2D eigenvalue weighted by Crippen LogP contribution is -2.31. The minimum absolute atomic E-state index is 0.0975. The van der Waals surface area contributed by atoms with Crippen molar-refractivity contribution in [3.05, 3.63) is 41.5 Å². The van der Waals surface area contributed by atoms with Crippen LogP contribution < -0.4 is 0 Å². The highest BCUT2D eigenvalue weighted by molar-refractivity contribution is 5.92. The van der Waals surface area contributed by atoms with E-state index in [0.717, 1.165) is 11.1 Å². The van der Waals surface area contributed by atoms with Crippen LogP contribution in [0.5, 0.6) is 0 Å². The Morgan fingerprint density at radius 3 is 2.60 bits per heavy atom. The number of aryl methyl sites for hydroxylation is 1. The highest BCUT2D eigenvalue weighted by atomic mass is 16.5. The fourth-order valence-corrected chi connectivity index (χ4v) is 1.79. The first-order valence-electron chi connectivity index (χ1n) is 6.68. The van der Waals surface area contributed by atoms with Crippen LogP contribution in [0, 0.1) is 6.92 Å². The van der Waals surface area contributed by atoms with Crippen LogP contribution in [-0.4, -0.2) is 37.0 Å². The molecule has 1 aromatic rings. The number of carbonyl (C=O) groups excluding carboxylic acids is 2. The maximum atomic E-state index is 12.0. The van der Waals surface area contributed by atoms with E-state index in [2.05, 4.69) is 4.74 Å². The van der Waals surface area contributed by atoms with E-state index in [-0.39, 0.29) is 18.3 Å². The summed E-state index contributed by atoms with van der Waals surface area (Å²) in [6, 6.07) is 7.86. The van der Waals surface area contributed by atoms with Crippen LogP contribution in [0.4, 0.5) is 0 Å². The van der Waals surface area contributed by atoms with E-state index >= 15 is 0 Å². The molecule has 1 amide bonds. The second-order valence-corrected chi connectivity index (χ2v) is 4.43. The smallest absolute Gasteiger partial charge is 0.307 e. The molecule has 20 heavy (non-hydrogen) atoms. The Labute approximate surface area is 120 Å². The molecule has 0 aliphatic rings. The van der Waals surface area contributed by atoms with Gasteiger partial charge in [0.15, 0.2) is 0 Å². The Morgan fingerprint density at radius 2 is 2.00 bits per heavy atom. The van der Waals surface area contributed by atoms with Gasteiger partial charge in [0.25, 0.3) is 0 Å². The summed E-state index contributed by atoms with van der Waals surface area (Å²) >= 11 is 0. The van der Waals surface area contributed by atoms with Gasteiger partial charge in [-0.2, -0.15) is 0 Å². The second-order valence-electron chi connectivity index (χ2n) is 4.43. The summed E-state index contributed by atoms with van der Waals surface area (Å²) in [4.78, 5) is 24.8. The van der Waals surface area contributed by atoms with Crippen LogP contribution in [0.25, 0.3) is 6.08 Å². The number of methoxy groups -OCH3 is 1. The van der Waals surface area contributed by atoms with Crippen molar-refractivity contribution in [2.45, 2.75) is 20.3 Å². The predicted molar refractivity (Wildman–Crippen MR) is 79.1 cm³/mol. The first-order chi connectivity index (χ1) is 9.58. The summed E-state index contributed by atoms with van der Waals surface area (Å²) in [6.45, 7) is 4.82. The van der Waals surface area contributed by atoms with E-state index < -0.39 is 0 Å². The van der Waals surface area contributed by atoms with Gasteiger partial charge in [0.2, 0.25) is 5.91 Å². The summed E-state index contributed by atoms with van der Waals surface area (Å²) in [6.07, 6.45) is 3.57. The lowest BCUT2D eigenvalue weighted by Gasteiger charge is -2.18. The summed E-state index contributed by atoms with van der Waals surface area (Å²) in [5.41, 5.74) is 2.14. The molecule has 0 unspecified atom stereocenters. The van der Waals surface area contributed by atoms with Gasteiger partial charge in [0.1, 0.15) is 0 Å². The zero-order valence-corrected chi connectivity index (χ0v) is 12.3. The Hall–Kier alpha value is -2.10. The van der Waals surface area contributed by atoms with E-state index in [9.17, 15) is 9.59 Å². The number of hydrogen-bond acceptors (Lipinski definition) is 3. The van der Waals surface area contributed by atoms with Gasteiger partial charge in [-0.15, -0.1) is 0 Å². The fourth-order valence-electron chi connectivity index (χ4n) is 1.79. The van der Waals surface area contributed by atoms with Crippen LogP contribution >= 0.6 is 0 Å². The van der Waals surface area contributed by atoms with Crippen molar-refractivity contribution in [2.24, 2.45) is 0 Å². The molecule has 0 N–H and O–H groups in total. The molecule has 1 rings (SSSR count). The molecule has 4 heteroatoms. The van der Waals surface area contributed by atoms with Gasteiger partial charge in [-0.25, -0.2) is 0 Å². The van der Waals surface area contributed by atoms with Gasteiger partial charge < -0.3 is 9.64 Å². The highest BCUT2D eigenvalue weighted by Crippen LogP contribution is 2.09. The van der Waals surface area contributed by atoms with Crippen molar-refractivity contribution in [3.8, 4) is 0 Å². The van der Waals surface area contributed by atoms with Gasteiger partial charge >= 0.3 is 5.97 Å². The zero-order valence-electron chi connectivity index (χ0n) is 12.3. The molecule has 0 bridgehead atoms.